The average Bonchev–Trinajstić information content (AvgIpc) is 3.30. The molecule has 0 atom stereocenters. The van der Waals surface area contributed by atoms with Gasteiger partial charge in [-0.2, -0.15) is 0 Å². The van der Waals surface area contributed by atoms with Crippen molar-refractivity contribution in [1.29, 1.82) is 0 Å². The minimum absolute atomic E-state index is 0.0121. The SMILES string of the molecule is COc1ccc(-c2c(-c3ccc(OC)cc3OC)c2=O)c(OC)c1. The zero-order valence-electron chi connectivity index (χ0n) is 14.0. The van der Waals surface area contributed by atoms with Crippen molar-refractivity contribution in [2.45, 2.75) is 0 Å². The Morgan fingerprint density at radius 1 is 0.625 bits per heavy atom. The summed E-state index contributed by atoms with van der Waals surface area (Å²) in [5.74, 6) is 2.54. The molecule has 0 bridgehead atoms. The molecule has 3 aromatic carbocycles. The molecule has 0 aliphatic rings. The molecule has 0 radical (unpaired) electrons. The molecule has 24 heavy (non-hydrogen) atoms. The molecule has 0 heterocycles. The van der Waals surface area contributed by atoms with Crippen molar-refractivity contribution in [1.82, 2.24) is 0 Å². The molecule has 5 nitrogen and oxygen atoms in total. The highest BCUT2D eigenvalue weighted by Crippen LogP contribution is 2.44. The average molecular weight is 326 g/mol. The lowest BCUT2D eigenvalue weighted by atomic mass is 10.1. The fourth-order valence-corrected chi connectivity index (χ4v) is 2.69. The van der Waals surface area contributed by atoms with Crippen molar-refractivity contribution in [3.05, 3.63) is 46.6 Å². The maximum atomic E-state index is 12.4. The van der Waals surface area contributed by atoms with E-state index in [1.54, 1.807) is 52.7 Å². The van der Waals surface area contributed by atoms with E-state index in [1.807, 2.05) is 12.1 Å². The molecular formula is C19H18O5. The fraction of sp³-hybridized carbons (Fsp3) is 0.211. The van der Waals surface area contributed by atoms with E-state index in [2.05, 4.69) is 0 Å². The van der Waals surface area contributed by atoms with E-state index in [1.165, 1.54) is 0 Å². The molecule has 0 aliphatic heterocycles. The van der Waals surface area contributed by atoms with E-state index in [0.29, 0.717) is 34.1 Å². The first kappa shape index (κ1) is 15.9. The molecule has 3 rings (SSSR count). The Bertz CT molecular complexity index is 817. The molecule has 5 heteroatoms. The van der Waals surface area contributed by atoms with Gasteiger partial charge in [-0.3, -0.25) is 4.79 Å². The molecule has 3 aromatic rings. The van der Waals surface area contributed by atoms with Crippen molar-refractivity contribution in [2.75, 3.05) is 28.4 Å². The molecule has 0 N–H and O–H groups in total. The van der Waals surface area contributed by atoms with E-state index >= 15 is 0 Å². The Kier molecular flexibility index (Phi) is 4.16. The van der Waals surface area contributed by atoms with E-state index in [9.17, 15) is 4.79 Å². The summed E-state index contributed by atoms with van der Waals surface area (Å²) in [6.45, 7) is 0. The quantitative estimate of drug-likeness (QED) is 0.696. The van der Waals surface area contributed by atoms with Crippen molar-refractivity contribution in [3.8, 4) is 45.3 Å². The molecule has 0 saturated carbocycles. The Morgan fingerprint density at radius 3 is 1.38 bits per heavy atom. The number of hydrogen-bond donors (Lipinski definition) is 0. The highest BCUT2D eigenvalue weighted by molar-refractivity contribution is 5.98. The van der Waals surface area contributed by atoms with E-state index in [-0.39, 0.29) is 5.43 Å². The van der Waals surface area contributed by atoms with Crippen LogP contribution < -0.4 is 24.4 Å². The number of benzene rings is 2. The van der Waals surface area contributed by atoms with E-state index in [0.717, 1.165) is 11.1 Å². The fourth-order valence-electron chi connectivity index (χ4n) is 2.69. The predicted octanol–water partition coefficient (Wildman–Crippen LogP) is 3.29. The third-order valence-corrected chi connectivity index (χ3v) is 4.00. The summed E-state index contributed by atoms with van der Waals surface area (Å²) in [5, 5.41) is 0. The van der Waals surface area contributed by atoms with Gasteiger partial charge in [-0.05, 0) is 24.3 Å². The predicted molar refractivity (Wildman–Crippen MR) is 92.2 cm³/mol. The summed E-state index contributed by atoms with van der Waals surface area (Å²) in [6.07, 6.45) is 0. The highest BCUT2D eigenvalue weighted by Gasteiger charge is 2.30. The minimum Gasteiger partial charge on any atom is -0.497 e. The Morgan fingerprint density at radius 2 is 1.04 bits per heavy atom. The smallest absolute Gasteiger partial charge is 0.196 e. The molecule has 0 aromatic heterocycles. The van der Waals surface area contributed by atoms with E-state index in [4.69, 9.17) is 18.9 Å². The van der Waals surface area contributed by atoms with Gasteiger partial charge < -0.3 is 18.9 Å². The summed E-state index contributed by atoms with van der Waals surface area (Å²) in [4.78, 5) is 12.4. The summed E-state index contributed by atoms with van der Waals surface area (Å²) in [6, 6.07) is 10.8. The van der Waals surface area contributed by atoms with Crippen LogP contribution in [0, 0.1) is 0 Å². The molecule has 124 valence electrons. The first-order valence-corrected chi connectivity index (χ1v) is 7.38. The van der Waals surface area contributed by atoms with Crippen molar-refractivity contribution in [2.24, 2.45) is 0 Å². The third kappa shape index (κ3) is 2.58. The van der Waals surface area contributed by atoms with Gasteiger partial charge in [0, 0.05) is 34.4 Å². The van der Waals surface area contributed by atoms with Crippen LogP contribution in [0.5, 0.6) is 23.0 Å². The first-order valence-electron chi connectivity index (χ1n) is 7.38. The topological polar surface area (TPSA) is 54.0 Å². The summed E-state index contributed by atoms with van der Waals surface area (Å²) in [5.41, 5.74) is 2.75. The van der Waals surface area contributed by atoms with Crippen LogP contribution in [0.4, 0.5) is 0 Å². The van der Waals surface area contributed by atoms with Gasteiger partial charge in [0.2, 0.25) is 0 Å². The second kappa shape index (κ2) is 6.28. The lowest BCUT2D eigenvalue weighted by Gasteiger charge is -2.09. The van der Waals surface area contributed by atoms with Crippen LogP contribution in [0.15, 0.2) is 41.2 Å². The van der Waals surface area contributed by atoms with Crippen LogP contribution in [0.3, 0.4) is 0 Å². The van der Waals surface area contributed by atoms with Crippen molar-refractivity contribution in [3.63, 3.8) is 0 Å². The minimum atomic E-state index is -0.0121. The summed E-state index contributed by atoms with van der Waals surface area (Å²) >= 11 is 0. The molecular weight excluding hydrogens is 308 g/mol. The number of rotatable bonds is 6. The standard InChI is InChI=1S/C19H18O5/c1-21-11-5-7-13(15(9-11)23-3)17-18(19(17)20)14-8-6-12(22-2)10-16(14)24-4/h5-10H,1-4H3. The largest absolute Gasteiger partial charge is 0.497 e. The second-order valence-electron chi connectivity index (χ2n) is 5.21. The zero-order valence-corrected chi connectivity index (χ0v) is 14.0. The van der Waals surface area contributed by atoms with Crippen LogP contribution in [0.2, 0.25) is 0 Å². The van der Waals surface area contributed by atoms with Gasteiger partial charge in [0.15, 0.2) is 5.43 Å². The number of hydrogen-bond acceptors (Lipinski definition) is 5. The molecule has 0 fully saturated rings. The Balaban J connectivity index is 2.07. The maximum Gasteiger partial charge on any atom is 0.196 e. The van der Waals surface area contributed by atoms with Gasteiger partial charge in [0.25, 0.3) is 0 Å². The van der Waals surface area contributed by atoms with Crippen LogP contribution in [-0.2, 0) is 0 Å². The zero-order chi connectivity index (χ0) is 17.3. The van der Waals surface area contributed by atoms with Gasteiger partial charge >= 0.3 is 0 Å². The molecule has 0 unspecified atom stereocenters. The van der Waals surface area contributed by atoms with Gasteiger partial charge in [-0.15, -0.1) is 0 Å². The van der Waals surface area contributed by atoms with Gasteiger partial charge in [0.1, 0.15) is 23.0 Å². The Hall–Kier alpha value is -2.95. The molecule has 0 aliphatic carbocycles. The van der Waals surface area contributed by atoms with Crippen LogP contribution in [0.1, 0.15) is 0 Å². The Labute approximate surface area is 140 Å². The van der Waals surface area contributed by atoms with Crippen molar-refractivity contribution < 1.29 is 18.9 Å². The van der Waals surface area contributed by atoms with Crippen LogP contribution in [-0.4, -0.2) is 28.4 Å². The maximum absolute atomic E-state index is 12.4. The lowest BCUT2D eigenvalue weighted by molar-refractivity contribution is 0.395. The normalized spacial score (nSPS) is 10.7. The monoisotopic (exact) mass is 326 g/mol. The highest BCUT2D eigenvalue weighted by atomic mass is 16.5. The van der Waals surface area contributed by atoms with Crippen LogP contribution >= 0.6 is 0 Å². The lowest BCUT2D eigenvalue weighted by Crippen LogP contribution is -1.89. The molecule has 0 amide bonds. The molecule has 0 spiro atoms. The number of ether oxygens (including phenoxy) is 4. The van der Waals surface area contributed by atoms with E-state index < -0.39 is 0 Å². The summed E-state index contributed by atoms with van der Waals surface area (Å²) < 4.78 is 21.2. The second-order valence-corrected chi connectivity index (χ2v) is 5.21. The van der Waals surface area contributed by atoms with Gasteiger partial charge in [0.05, 0.1) is 28.4 Å². The van der Waals surface area contributed by atoms with Gasteiger partial charge in [-0.25, -0.2) is 0 Å². The van der Waals surface area contributed by atoms with Crippen molar-refractivity contribution >= 4 is 0 Å². The third-order valence-electron chi connectivity index (χ3n) is 4.00. The van der Waals surface area contributed by atoms with Gasteiger partial charge in [-0.1, -0.05) is 0 Å². The van der Waals surface area contributed by atoms with Crippen LogP contribution in [0.25, 0.3) is 22.3 Å². The number of methoxy groups -OCH3 is 4. The molecule has 0 saturated heterocycles. The first-order chi connectivity index (χ1) is 11.6. The summed E-state index contributed by atoms with van der Waals surface area (Å²) in [7, 11) is 6.31.